The lowest BCUT2D eigenvalue weighted by Gasteiger charge is -2.26. The van der Waals surface area contributed by atoms with E-state index in [1.54, 1.807) is 18.2 Å². The van der Waals surface area contributed by atoms with E-state index in [4.69, 9.17) is 5.11 Å². The van der Waals surface area contributed by atoms with E-state index in [0.29, 0.717) is 5.56 Å². The molecule has 1 aromatic carbocycles. The minimum absolute atomic E-state index is 0.0490. The van der Waals surface area contributed by atoms with Crippen molar-refractivity contribution in [3.8, 4) is 5.75 Å². The minimum Gasteiger partial charge on any atom is -0.508 e. The molecule has 19 heavy (non-hydrogen) atoms. The molecule has 1 aromatic rings. The fraction of sp³-hybridized carbons (Fsp3) is 0.231. The molecule has 0 unspecified atom stereocenters. The van der Waals surface area contributed by atoms with E-state index in [1.165, 1.54) is 22.7 Å². The number of hydrogen-bond donors (Lipinski definition) is 2. The predicted molar refractivity (Wildman–Crippen MR) is 71.8 cm³/mol. The van der Waals surface area contributed by atoms with Crippen molar-refractivity contribution in [2.75, 3.05) is 5.75 Å². The van der Waals surface area contributed by atoms with Gasteiger partial charge in [0.25, 0.3) is 0 Å². The number of hydrogen-bond acceptors (Lipinski definition) is 4. The molecule has 100 valence electrons. The lowest BCUT2D eigenvalue weighted by atomic mass is 10.1. The lowest BCUT2D eigenvalue weighted by Crippen LogP contribution is -2.42. The number of nitrogens with zero attached hydrogens (tertiary/aromatic N) is 1. The highest BCUT2D eigenvalue weighted by molar-refractivity contribution is 7.99. The summed E-state index contributed by atoms with van der Waals surface area (Å²) in [5.41, 5.74) is 0.534. The van der Waals surface area contributed by atoms with Crippen molar-refractivity contribution >= 4 is 23.6 Å². The highest BCUT2D eigenvalue weighted by Crippen LogP contribution is 2.44. The average molecular weight is 279 g/mol. The van der Waals surface area contributed by atoms with E-state index < -0.39 is 23.3 Å². The number of benzene rings is 1. The smallest absolute Gasteiger partial charge is 0.327 e. The molecule has 0 saturated carbocycles. The molecule has 6 heteroatoms. The molecular formula is C13H13NO4S. The second-order valence-corrected chi connectivity index (χ2v) is 5.16. The highest BCUT2D eigenvalue weighted by atomic mass is 32.2. The molecule has 0 bridgehead atoms. The normalized spacial score (nSPS) is 22.2. The second-order valence-electron chi connectivity index (χ2n) is 4.05. The maximum atomic E-state index is 11.9. The first kappa shape index (κ1) is 13.5. The van der Waals surface area contributed by atoms with Gasteiger partial charge in [-0.1, -0.05) is 24.8 Å². The van der Waals surface area contributed by atoms with Crippen molar-refractivity contribution in [3.05, 3.63) is 42.5 Å². The third-order valence-corrected chi connectivity index (χ3v) is 4.22. The summed E-state index contributed by atoms with van der Waals surface area (Å²) in [5, 5.41) is 18.5. The molecule has 1 amide bonds. The SMILES string of the molecule is C=CC(=O)N1[C@@H](c2ccccc2O)SC[C@H]1C(=O)O. The van der Waals surface area contributed by atoms with E-state index in [0.717, 1.165) is 6.08 Å². The predicted octanol–water partition coefficient (Wildman–Crippen LogP) is 1.61. The molecule has 1 saturated heterocycles. The largest absolute Gasteiger partial charge is 0.508 e. The standard InChI is InChI=1S/C13H13NO4S/c1-2-11(16)14-9(13(17)18)7-19-12(14)8-5-3-4-6-10(8)15/h2-6,9,12,15H,1,7H2,(H,17,18)/t9-,12+/m0/s1. The first-order chi connectivity index (χ1) is 9.06. The van der Waals surface area contributed by atoms with Gasteiger partial charge in [-0.2, -0.15) is 0 Å². The summed E-state index contributed by atoms with van der Waals surface area (Å²) < 4.78 is 0. The molecule has 1 aliphatic rings. The third kappa shape index (κ3) is 2.44. The topological polar surface area (TPSA) is 77.8 Å². The van der Waals surface area contributed by atoms with Crippen molar-refractivity contribution < 1.29 is 19.8 Å². The molecular weight excluding hydrogens is 266 g/mol. The molecule has 0 radical (unpaired) electrons. The van der Waals surface area contributed by atoms with Crippen LogP contribution in [0.3, 0.4) is 0 Å². The maximum Gasteiger partial charge on any atom is 0.327 e. The number of thioether (sulfide) groups is 1. The fourth-order valence-corrected chi connectivity index (χ4v) is 3.47. The van der Waals surface area contributed by atoms with Gasteiger partial charge in [0.05, 0.1) is 0 Å². The number of phenolic OH excluding ortho intramolecular Hbond substituents is 1. The van der Waals surface area contributed by atoms with Gasteiger partial charge in [0.2, 0.25) is 5.91 Å². The van der Waals surface area contributed by atoms with Crippen LogP contribution in [0.5, 0.6) is 5.75 Å². The van der Waals surface area contributed by atoms with Gasteiger partial charge in [-0.3, -0.25) is 4.79 Å². The molecule has 0 aliphatic carbocycles. The Balaban J connectivity index is 2.40. The minimum atomic E-state index is -1.05. The van der Waals surface area contributed by atoms with Crippen LogP contribution in [0.15, 0.2) is 36.9 Å². The Morgan fingerprint density at radius 1 is 1.42 bits per heavy atom. The molecule has 1 fully saturated rings. The third-order valence-electron chi connectivity index (χ3n) is 2.92. The highest BCUT2D eigenvalue weighted by Gasteiger charge is 2.42. The fourth-order valence-electron chi connectivity index (χ4n) is 2.01. The number of carboxylic acids is 1. The van der Waals surface area contributed by atoms with Crippen LogP contribution < -0.4 is 0 Å². The number of aliphatic carboxylic acids is 1. The number of aromatic hydroxyl groups is 1. The van der Waals surface area contributed by atoms with Crippen LogP contribution in [0, 0.1) is 0 Å². The Bertz CT molecular complexity index is 531. The number of rotatable bonds is 3. The lowest BCUT2D eigenvalue weighted by molar-refractivity contribution is -0.147. The molecule has 2 rings (SSSR count). The number of para-hydroxylation sites is 1. The Morgan fingerprint density at radius 3 is 2.68 bits per heavy atom. The van der Waals surface area contributed by atoms with E-state index in [1.807, 2.05) is 0 Å². The van der Waals surface area contributed by atoms with Gasteiger partial charge in [0, 0.05) is 11.3 Å². The van der Waals surface area contributed by atoms with Crippen LogP contribution in [0.25, 0.3) is 0 Å². The van der Waals surface area contributed by atoms with Crippen LogP contribution in [-0.2, 0) is 9.59 Å². The van der Waals surface area contributed by atoms with Crippen molar-refractivity contribution in [3.63, 3.8) is 0 Å². The summed E-state index contributed by atoms with van der Waals surface area (Å²) in [5.74, 6) is -1.17. The number of phenols is 1. The van der Waals surface area contributed by atoms with E-state index in [9.17, 15) is 14.7 Å². The molecule has 5 nitrogen and oxygen atoms in total. The molecule has 0 aromatic heterocycles. The number of amides is 1. The van der Waals surface area contributed by atoms with Gasteiger partial charge in [-0.25, -0.2) is 4.79 Å². The van der Waals surface area contributed by atoms with Crippen molar-refractivity contribution in [2.24, 2.45) is 0 Å². The Hall–Kier alpha value is -1.95. The quantitative estimate of drug-likeness (QED) is 0.822. The van der Waals surface area contributed by atoms with Crippen LogP contribution in [0.4, 0.5) is 0 Å². The number of carbonyl (C=O) groups excluding carboxylic acids is 1. The second kappa shape index (κ2) is 5.36. The van der Waals surface area contributed by atoms with Gasteiger partial charge in [-0.05, 0) is 12.1 Å². The monoisotopic (exact) mass is 279 g/mol. The zero-order valence-corrected chi connectivity index (χ0v) is 10.8. The van der Waals surface area contributed by atoms with Crippen LogP contribution >= 0.6 is 11.8 Å². The van der Waals surface area contributed by atoms with Crippen LogP contribution in [0.2, 0.25) is 0 Å². The summed E-state index contributed by atoms with van der Waals surface area (Å²) in [6.45, 7) is 3.39. The summed E-state index contributed by atoms with van der Waals surface area (Å²) >= 11 is 1.31. The summed E-state index contributed by atoms with van der Waals surface area (Å²) in [4.78, 5) is 24.3. The zero-order chi connectivity index (χ0) is 14.0. The van der Waals surface area contributed by atoms with Crippen LogP contribution in [-0.4, -0.2) is 38.8 Å². The van der Waals surface area contributed by atoms with Crippen molar-refractivity contribution in [1.82, 2.24) is 4.90 Å². The van der Waals surface area contributed by atoms with Crippen molar-refractivity contribution in [1.29, 1.82) is 0 Å². The summed E-state index contributed by atoms with van der Waals surface area (Å²) in [7, 11) is 0. The Morgan fingerprint density at radius 2 is 2.11 bits per heavy atom. The summed E-state index contributed by atoms with van der Waals surface area (Å²) in [6, 6.07) is 5.70. The van der Waals surface area contributed by atoms with Gasteiger partial charge in [0.15, 0.2) is 0 Å². The Kier molecular flexibility index (Phi) is 3.80. The average Bonchev–Trinajstić information content (AvgIpc) is 2.83. The van der Waals surface area contributed by atoms with Gasteiger partial charge < -0.3 is 15.1 Å². The number of carbonyl (C=O) groups is 2. The van der Waals surface area contributed by atoms with E-state index in [-0.39, 0.29) is 11.5 Å². The molecule has 2 N–H and O–H groups in total. The molecule has 1 heterocycles. The Labute approximate surface area is 114 Å². The van der Waals surface area contributed by atoms with E-state index in [2.05, 4.69) is 6.58 Å². The first-order valence-electron chi connectivity index (χ1n) is 5.63. The summed E-state index contributed by atoms with van der Waals surface area (Å²) in [6.07, 6.45) is 1.09. The zero-order valence-electron chi connectivity index (χ0n) is 10.0. The molecule has 0 spiro atoms. The number of carboxylic acid groups (broad SMARTS) is 1. The van der Waals surface area contributed by atoms with Gasteiger partial charge in [0.1, 0.15) is 17.2 Å². The maximum absolute atomic E-state index is 11.9. The molecule has 2 atom stereocenters. The van der Waals surface area contributed by atoms with Gasteiger partial charge >= 0.3 is 5.97 Å². The van der Waals surface area contributed by atoms with E-state index >= 15 is 0 Å². The van der Waals surface area contributed by atoms with Gasteiger partial charge in [-0.15, -0.1) is 11.8 Å². The first-order valence-corrected chi connectivity index (χ1v) is 6.68. The molecule has 1 aliphatic heterocycles. The van der Waals surface area contributed by atoms with Crippen molar-refractivity contribution in [2.45, 2.75) is 11.4 Å². The van der Waals surface area contributed by atoms with Crippen LogP contribution in [0.1, 0.15) is 10.9 Å².